The van der Waals surface area contributed by atoms with Crippen molar-refractivity contribution >= 4 is 23.2 Å². The summed E-state index contributed by atoms with van der Waals surface area (Å²) in [6.07, 6.45) is 2.15. The number of hydrogen-bond acceptors (Lipinski definition) is 4. The van der Waals surface area contributed by atoms with Crippen LogP contribution in [0.3, 0.4) is 0 Å². The topological polar surface area (TPSA) is 76.2 Å². The van der Waals surface area contributed by atoms with Crippen molar-refractivity contribution in [2.75, 3.05) is 19.5 Å². The van der Waals surface area contributed by atoms with Crippen LogP contribution in [0.4, 0.5) is 5.69 Å². The number of hydrogen-bond donors (Lipinski definition) is 2. The lowest BCUT2D eigenvalue weighted by Gasteiger charge is -2.12. The van der Waals surface area contributed by atoms with Crippen molar-refractivity contribution in [3.8, 4) is 22.8 Å². The lowest BCUT2D eigenvalue weighted by molar-refractivity contribution is 0.102. The van der Waals surface area contributed by atoms with Crippen LogP contribution in [0.25, 0.3) is 11.3 Å². The normalized spacial score (nSPS) is 13.2. The molecule has 3 aromatic rings. The van der Waals surface area contributed by atoms with Crippen LogP contribution in [0.5, 0.6) is 11.5 Å². The lowest BCUT2D eigenvalue weighted by atomic mass is 10.1. The minimum absolute atomic E-state index is 0.214. The number of aromatic nitrogens is 2. The Morgan fingerprint density at radius 2 is 1.89 bits per heavy atom. The number of nitrogens with one attached hydrogen (secondary N) is 2. The van der Waals surface area contributed by atoms with E-state index in [9.17, 15) is 4.79 Å². The minimum atomic E-state index is -0.214. The molecule has 1 aliphatic rings. The maximum atomic E-state index is 12.8. The first-order valence-electron chi connectivity index (χ1n) is 8.98. The highest BCUT2D eigenvalue weighted by atomic mass is 35.5. The third-order valence-electron chi connectivity index (χ3n) is 4.79. The van der Waals surface area contributed by atoms with Crippen LogP contribution in [-0.4, -0.2) is 30.3 Å². The zero-order chi connectivity index (χ0) is 19.7. The first-order valence-corrected chi connectivity index (χ1v) is 9.36. The number of halogens is 1. The molecule has 0 bridgehead atoms. The van der Waals surface area contributed by atoms with Crippen molar-refractivity contribution in [2.45, 2.75) is 18.8 Å². The molecule has 1 amide bonds. The molecule has 4 rings (SSSR count). The molecule has 7 heteroatoms. The molecule has 0 radical (unpaired) electrons. The molecule has 1 aliphatic carbocycles. The van der Waals surface area contributed by atoms with Crippen LogP contribution in [0.1, 0.15) is 34.8 Å². The van der Waals surface area contributed by atoms with Gasteiger partial charge in [0.2, 0.25) is 0 Å². The second-order valence-corrected chi connectivity index (χ2v) is 7.10. The largest absolute Gasteiger partial charge is 0.497 e. The van der Waals surface area contributed by atoms with Crippen molar-refractivity contribution in [3.63, 3.8) is 0 Å². The zero-order valence-electron chi connectivity index (χ0n) is 15.6. The highest BCUT2D eigenvalue weighted by Gasteiger charge is 2.31. The summed E-state index contributed by atoms with van der Waals surface area (Å²) in [5.41, 5.74) is 3.57. The summed E-state index contributed by atoms with van der Waals surface area (Å²) in [5.74, 6) is 1.47. The van der Waals surface area contributed by atoms with Gasteiger partial charge in [0.25, 0.3) is 5.91 Å². The second-order valence-electron chi connectivity index (χ2n) is 6.66. The van der Waals surface area contributed by atoms with Crippen LogP contribution in [0.2, 0.25) is 5.02 Å². The van der Waals surface area contributed by atoms with Gasteiger partial charge in [0, 0.05) is 28.1 Å². The van der Waals surface area contributed by atoms with E-state index >= 15 is 0 Å². The van der Waals surface area contributed by atoms with Gasteiger partial charge in [-0.1, -0.05) is 11.6 Å². The molecule has 2 N–H and O–H groups in total. The molecule has 144 valence electrons. The standard InChI is InChI=1S/C21H20ClN3O3/c1-27-15-9-10-16(17(11-15)28-2)19-20(18(24-25-19)12-3-4-12)23-21(26)13-5-7-14(22)8-6-13/h5-12H,3-4H2,1-2H3,(H,23,26)(H,24,25). The maximum Gasteiger partial charge on any atom is 0.255 e. The highest BCUT2D eigenvalue weighted by Crippen LogP contribution is 2.46. The molecule has 1 aromatic heterocycles. The summed E-state index contributed by atoms with van der Waals surface area (Å²) in [6.45, 7) is 0. The fraction of sp³-hybridized carbons (Fsp3) is 0.238. The molecule has 1 fully saturated rings. The van der Waals surface area contributed by atoms with Crippen LogP contribution >= 0.6 is 11.6 Å². The Labute approximate surface area is 167 Å². The number of benzene rings is 2. The minimum Gasteiger partial charge on any atom is -0.497 e. The Hall–Kier alpha value is -2.99. The molecule has 6 nitrogen and oxygen atoms in total. The monoisotopic (exact) mass is 397 g/mol. The number of carbonyl (C=O) groups excluding carboxylic acids is 1. The third-order valence-corrected chi connectivity index (χ3v) is 5.04. The quantitative estimate of drug-likeness (QED) is 0.621. The molecule has 2 aromatic carbocycles. The highest BCUT2D eigenvalue weighted by molar-refractivity contribution is 6.30. The van der Waals surface area contributed by atoms with Crippen molar-refractivity contribution < 1.29 is 14.3 Å². The van der Waals surface area contributed by atoms with Crippen LogP contribution in [0, 0.1) is 0 Å². The number of carbonyl (C=O) groups is 1. The molecule has 1 saturated carbocycles. The summed E-state index contributed by atoms with van der Waals surface area (Å²) in [7, 11) is 3.20. The van der Waals surface area contributed by atoms with Crippen molar-refractivity contribution in [1.29, 1.82) is 0 Å². The fourth-order valence-corrected chi connectivity index (χ4v) is 3.25. The number of nitrogens with zero attached hydrogens (tertiary/aromatic N) is 1. The van der Waals surface area contributed by atoms with E-state index in [0.717, 1.165) is 24.1 Å². The molecule has 0 atom stereocenters. The van der Waals surface area contributed by atoms with E-state index in [4.69, 9.17) is 21.1 Å². The van der Waals surface area contributed by atoms with Crippen molar-refractivity contribution in [2.24, 2.45) is 0 Å². The summed E-state index contributed by atoms with van der Waals surface area (Å²) >= 11 is 5.93. The average molecular weight is 398 g/mol. The van der Waals surface area contributed by atoms with Gasteiger partial charge < -0.3 is 14.8 Å². The zero-order valence-corrected chi connectivity index (χ0v) is 16.3. The maximum absolute atomic E-state index is 12.8. The van der Waals surface area contributed by atoms with Crippen LogP contribution < -0.4 is 14.8 Å². The molecule has 0 unspecified atom stereocenters. The van der Waals surface area contributed by atoms with Gasteiger partial charge in [-0.15, -0.1) is 0 Å². The predicted octanol–water partition coefficient (Wildman–Crippen LogP) is 4.88. The van der Waals surface area contributed by atoms with E-state index in [0.29, 0.717) is 39.4 Å². The average Bonchev–Trinajstić information content (AvgIpc) is 3.48. The smallest absolute Gasteiger partial charge is 0.255 e. The molecule has 0 aliphatic heterocycles. The molecule has 0 spiro atoms. The molecule has 1 heterocycles. The van der Waals surface area contributed by atoms with E-state index in [1.807, 2.05) is 12.1 Å². The number of H-pyrrole nitrogens is 1. The number of anilines is 1. The van der Waals surface area contributed by atoms with Crippen molar-refractivity contribution in [3.05, 3.63) is 58.7 Å². The lowest BCUT2D eigenvalue weighted by Crippen LogP contribution is -2.13. The fourth-order valence-electron chi connectivity index (χ4n) is 3.13. The number of rotatable bonds is 6. The van der Waals surface area contributed by atoms with Crippen LogP contribution in [0.15, 0.2) is 42.5 Å². The van der Waals surface area contributed by atoms with E-state index in [1.54, 1.807) is 44.6 Å². The summed E-state index contributed by atoms with van der Waals surface area (Å²) in [4.78, 5) is 12.8. The first-order chi connectivity index (χ1) is 13.6. The second kappa shape index (κ2) is 7.56. The Balaban J connectivity index is 1.74. The van der Waals surface area contributed by atoms with Gasteiger partial charge in [-0.3, -0.25) is 9.89 Å². The SMILES string of the molecule is COc1ccc(-c2n[nH]c(C3CC3)c2NC(=O)c2ccc(Cl)cc2)c(OC)c1. The molecular weight excluding hydrogens is 378 g/mol. The Kier molecular flexibility index (Phi) is 4.96. The predicted molar refractivity (Wildman–Crippen MR) is 109 cm³/mol. The first kappa shape index (κ1) is 18.4. The number of aromatic amines is 1. The summed E-state index contributed by atoms with van der Waals surface area (Å²) in [5, 5.41) is 11.2. The van der Waals surface area contributed by atoms with Gasteiger partial charge in [0.1, 0.15) is 17.2 Å². The van der Waals surface area contributed by atoms with Gasteiger partial charge in [0.05, 0.1) is 25.6 Å². The Morgan fingerprint density at radius 1 is 1.14 bits per heavy atom. The third kappa shape index (κ3) is 3.55. The summed E-state index contributed by atoms with van der Waals surface area (Å²) in [6, 6.07) is 12.3. The van der Waals surface area contributed by atoms with Gasteiger partial charge in [0.15, 0.2) is 0 Å². The van der Waals surface area contributed by atoms with Crippen LogP contribution in [-0.2, 0) is 0 Å². The Bertz CT molecular complexity index is 1010. The van der Waals surface area contributed by atoms with Gasteiger partial charge in [-0.2, -0.15) is 5.10 Å². The van der Waals surface area contributed by atoms with E-state index in [1.165, 1.54) is 0 Å². The van der Waals surface area contributed by atoms with Gasteiger partial charge in [-0.05, 0) is 49.2 Å². The number of amides is 1. The molecule has 0 saturated heterocycles. The van der Waals surface area contributed by atoms with Gasteiger partial charge >= 0.3 is 0 Å². The van der Waals surface area contributed by atoms with Gasteiger partial charge in [-0.25, -0.2) is 0 Å². The summed E-state index contributed by atoms with van der Waals surface area (Å²) < 4.78 is 10.8. The number of ether oxygens (including phenoxy) is 2. The number of methoxy groups -OCH3 is 2. The van der Waals surface area contributed by atoms with E-state index in [2.05, 4.69) is 15.5 Å². The molecule has 28 heavy (non-hydrogen) atoms. The molecular formula is C21H20ClN3O3. The van der Waals surface area contributed by atoms with E-state index < -0.39 is 0 Å². The van der Waals surface area contributed by atoms with Crippen molar-refractivity contribution in [1.82, 2.24) is 10.2 Å². The Morgan fingerprint density at radius 3 is 2.54 bits per heavy atom. The van der Waals surface area contributed by atoms with E-state index in [-0.39, 0.29) is 5.91 Å².